The van der Waals surface area contributed by atoms with Crippen molar-refractivity contribution in [2.24, 2.45) is 0 Å². The Bertz CT molecular complexity index is 1310. The molecule has 0 saturated heterocycles. The molecule has 0 fully saturated rings. The van der Waals surface area contributed by atoms with Crippen LogP contribution in [-0.4, -0.2) is 42.1 Å². The number of nitrogens with one attached hydrogen (secondary N) is 2. The first-order valence-corrected chi connectivity index (χ1v) is 12.5. The summed E-state index contributed by atoms with van der Waals surface area (Å²) in [6.07, 6.45) is 0.337. The van der Waals surface area contributed by atoms with Crippen LogP contribution in [0.1, 0.15) is 15.9 Å². The van der Waals surface area contributed by atoms with Crippen molar-refractivity contribution in [3.63, 3.8) is 0 Å². The number of hydrogen-bond acceptors (Lipinski definition) is 6. The highest BCUT2D eigenvalue weighted by Crippen LogP contribution is 2.28. The Labute approximate surface area is 216 Å². The van der Waals surface area contributed by atoms with Crippen LogP contribution >= 0.6 is 27.3 Å². The maximum absolute atomic E-state index is 13.2. The van der Waals surface area contributed by atoms with E-state index in [2.05, 4.69) is 36.8 Å². The highest BCUT2D eigenvalue weighted by molar-refractivity contribution is 9.10. The van der Waals surface area contributed by atoms with Crippen molar-refractivity contribution in [1.29, 1.82) is 0 Å². The van der Waals surface area contributed by atoms with Gasteiger partial charge in [0, 0.05) is 41.8 Å². The van der Waals surface area contributed by atoms with Crippen molar-refractivity contribution in [3.05, 3.63) is 94.5 Å². The number of nitrogens with zero attached hydrogens (tertiary/aromatic N) is 3. The third-order valence-electron chi connectivity index (χ3n) is 5.28. The Balaban J connectivity index is 1.50. The minimum atomic E-state index is -0.796. The van der Waals surface area contributed by atoms with E-state index in [1.54, 1.807) is 18.2 Å². The summed E-state index contributed by atoms with van der Waals surface area (Å²) in [6.45, 7) is 0. The molecule has 4 aromatic rings. The van der Waals surface area contributed by atoms with Gasteiger partial charge in [0.25, 0.3) is 5.91 Å². The average Bonchev–Trinajstić information content (AvgIpc) is 3.32. The number of amides is 2. The summed E-state index contributed by atoms with van der Waals surface area (Å²) in [5.41, 5.74) is 3.39. The van der Waals surface area contributed by atoms with Crippen LogP contribution in [-0.2, 0) is 11.2 Å². The molecule has 0 radical (unpaired) electrons. The van der Waals surface area contributed by atoms with Crippen LogP contribution in [0.2, 0.25) is 0 Å². The highest BCUT2D eigenvalue weighted by atomic mass is 79.9. The summed E-state index contributed by atoms with van der Waals surface area (Å²) in [6, 6.07) is 23.7. The van der Waals surface area contributed by atoms with Gasteiger partial charge in [-0.3, -0.25) is 14.9 Å². The second-order valence-electron chi connectivity index (χ2n) is 8.07. The first-order valence-electron chi connectivity index (χ1n) is 10.9. The zero-order valence-electron chi connectivity index (χ0n) is 19.2. The normalized spacial score (nSPS) is 11.5. The molecule has 35 heavy (non-hydrogen) atoms. The first kappa shape index (κ1) is 24.6. The number of aromatic nitrogens is 2. The van der Waals surface area contributed by atoms with Crippen LogP contribution in [0.3, 0.4) is 0 Å². The van der Waals surface area contributed by atoms with E-state index in [1.165, 1.54) is 11.3 Å². The van der Waals surface area contributed by atoms with Crippen LogP contribution in [0, 0.1) is 0 Å². The van der Waals surface area contributed by atoms with E-state index >= 15 is 0 Å². The molecule has 7 nitrogen and oxygen atoms in total. The standard InChI is InChI=1S/C26H24BrN5O2S/c1-32(2)21-13-11-18(12-14-21)25-30-31-26(35-25)29-24(34)22(15-17-7-4-3-5-8-17)28-23(33)19-9-6-10-20(27)16-19/h3-14,16,22H,15H2,1-2H3,(H,28,33)(H,29,31,34). The number of carbonyl (C=O) groups excluding carboxylic acids is 2. The molecule has 0 aliphatic carbocycles. The van der Waals surface area contributed by atoms with Crippen LogP contribution < -0.4 is 15.5 Å². The fourth-order valence-electron chi connectivity index (χ4n) is 3.42. The van der Waals surface area contributed by atoms with Gasteiger partial charge in [-0.1, -0.05) is 63.7 Å². The van der Waals surface area contributed by atoms with Crippen molar-refractivity contribution in [2.75, 3.05) is 24.3 Å². The molecule has 178 valence electrons. The predicted octanol–water partition coefficient (Wildman–Crippen LogP) is 5.01. The maximum atomic E-state index is 13.2. The third-order valence-corrected chi connectivity index (χ3v) is 6.66. The van der Waals surface area contributed by atoms with E-state index in [-0.39, 0.29) is 11.8 Å². The first-order chi connectivity index (χ1) is 16.9. The number of hydrogen-bond donors (Lipinski definition) is 2. The number of halogens is 1. The Morgan fingerprint density at radius 2 is 1.71 bits per heavy atom. The van der Waals surface area contributed by atoms with Gasteiger partial charge in [-0.05, 0) is 48.0 Å². The van der Waals surface area contributed by atoms with Gasteiger partial charge < -0.3 is 10.2 Å². The molecule has 1 heterocycles. The van der Waals surface area contributed by atoms with Gasteiger partial charge in [0.2, 0.25) is 11.0 Å². The molecule has 9 heteroatoms. The van der Waals surface area contributed by atoms with E-state index in [1.807, 2.05) is 79.7 Å². The Hall–Kier alpha value is -3.56. The summed E-state index contributed by atoms with van der Waals surface area (Å²) in [7, 11) is 3.96. The predicted molar refractivity (Wildman–Crippen MR) is 144 cm³/mol. The zero-order chi connectivity index (χ0) is 24.8. The molecular formula is C26H24BrN5O2S. The van der Waals surface area contributed by atoms with Crippen LogP contribution in [0.5, 0.6) is 0 Å². The van der Waals surface area contributed by atoms with E-state index in [0.717, 1.165) is 21.3 Å². The average molecular weight is 550 g/mol. The molecule has 1 atom stereocenters. The van der Waals surface area contributed by atoms with E-state index in [0.29, 0.717) is 22.1 Å². The minimum Gasteiger partial charge on any atom is -0.378 e. The quantitative estimate of drug-likeness (QED) is 0.322. The van der Waals surface area contributed by atoms with Gasteiger partial charge in [0.15, 0.2) is 0 Å². The van der Waals surface area contributed by atoms with Crippen molar-refractivity contribution in [2.45, 2.75) is 12.5 Å². The summed E-state index contributed by atoms with van der Waals surface area (Å²) >= 11 is 4.66. The SMILES string of the molecule is CN(C)c1ccc(-c2nnc(NC(=O)C(Cc3ccccc3)NC(=O)c3cccc(Br)c3)s2)cc1. The number of benzene rings is 3. The maximum Gasteiger partial charge on any atom is 0.251 e. The molecule has 2 N–H and O–H groups in total. The molecule has 1 aromatic heterocycles. The fourth-order valence-corrected chi connectivity index (χ4v) is 4.57. The van der Waals surface area contributed by atoms with Gasteiger partial charge in [-0.2, -0.15) is 0 Å². The van der Waals surface area contributed by atoms with Gasteiger partial charge in [0.1, 0.15) is 11.0 Å². The van der Waals surface area contributed by atoms with Crippen molar-refractivity contribution in [3.8, 4) is 10.6 Å². The van der Waals surface area contributed by atoms with Gasteiger partial charge >= 0.3 is 0 Å². The molecule has 1 unspecified atom stereocenters. The van der Waals surface area contributed by atoms with Crippen LogP contribution in [0.25, 0.3) is 10.6 Å². The van der Waals surface area contributed by atoms with E-state index < -0.39 is 6.04 Å². The molecule has 4 rings (SSSR count). The summed E-state index contributed by atoms with van der Waals surface area (Å²) in [5, 5.41) is 15.1. The number of anilines is 2. The molecule has 0 spiro atoms. The molecule has 0 saturated carbocycles. The van der Waals surface area contributed by atoms with Crippen molar-refractivity contribution in [1.82, 2.24) is 15.5 Å². The zero-order valence-corrected chi connectivity index (χ0v) is 21.6. The summed E-state index contributed by atoms with van der Waals surface area (Å²) in [4.78, 5) is 28.1. The summed E-state index contributed by atoms with van der Waals surface area (Å²) < 4.78 is 0.786. The van der Waals surface area contributed by atoms with Gasteiger partial charge in [0.05, 0.1) is 0 Å². The number of rotatable bonds is 8. The van der Waals surface area contributed by atoms with Crippen LogP contribution in [0.15, 0.2) is 83.3 Å². The second kappa shape index (κ2) is 11.2. The molecule has 0 aliphatic rings. The molecule has 0 bridgehead atoms. The molecule has 2 amide bonds. The lowest BCUT2D eigenvalue weighted by Crippen LogP contribution is -2.45. The van der Waals surface area contributed by atoms with Crippen molar-refractivity contribution < 1.29 is 9.59 Å². The Kier molecular flexibility index (Phi) is 7.89. The topological polar surface area (TPSA) is 87.2 Å². The fraction of sp³-hybridized carbons (Fsp3) is 0.154. The molecular weight excluding hydrogens is 526 g/mol. The van der Waals surface area contributed by atoms with E-state index in [4.69, 9.17) is 0 Å². The monoisotopic (exact) mass is 549 g/mol. The highest BCUT2D eigenvalue weighted by Gasteiger charge is 2.23. The Morgan fingerprint density at radius 1 is 0.971 bits per heavy atom. The van der Waals surface area contributed by atoms with E-state index in [9.17, 15) is 9.59 Å². The minimum absolute atomic E-state index is 0.332. The lowest BCUT2D eigenvalue weighted by Gasteiger charge is -2.18. The molecule has 3 aromatic carbocycles. The van der Waals surface area contributed by atoms with Gasteiger partial charge in [-0.25, -0.2) is 0 Å². The summed E-state index contributed by atoms with van der Waals surface area (Å²) in [5.74, 6) is -0.691. The lowest BCUT2D eigenvalue weighted by atomic mass is 10.0. The lowest BCUT2D eigenvalue weighted by molar-refractivity contribution is -0.118. The van der Waals surface area contributed by atoms with Gasteiger partial charge in [-0.15, -0.1) is 10.2 Å². The third kappa shape index (κ3) is 6.52. The number of carbonyl (C=O) groups is 2. The Morgan fingerprint density at radius 3 is 2.40 bits per heavy atom. The van der Waals surface area contributed by atoms with Crippen molar-refractivity contribution >= 4 is 49.9 Å². The van der Waals surface area contributed by atoms with Crippen LogP contribution in [0.4, 0.5) is 10.8 Å². The largest absolute Gasteiger partial charge is 0.378 e. The molecule has 0 aliphatic heterocycles. The second-order valence-corrected chi connectivity index (χ2v) is 9.96. The smallest absolute Gasteiger partial charge is 0.251 e.